The summed E-state index contributed by atoms with van der Waals surface area (Å²) in [6.45, 7) is 7.59. The van der Waals surface area contributed by atoms with Crippen molar-refractivity contribution in [2.75, 3.05) is 32.0 Å². The molecule has 2 N–H and O–H groups in total. The van der Waals surface area contributed by atoms with E-state index in [0.717, 1.165) is 17.9 Å². The Balaban J connectivity index is 1.99. The summed E-state index contributed by atoms with van der Waals surface area (Å²) in [5.74, 6) is -0.148. The molecule has 6 nitrogen and oxygen atoms in total. The molecule has 0 heterocycles. The van der Waals surface area contributed by atoms with Crippen molar-refractivity contribution in [3.63, 3.8) is 0 Å². The molecule has 2 aromatic carbocycles. The highest BCUT2D eigenvalue weighted by Crippen LogP contribution is 2.19. The zero-order valence-corrected chi connectivity index (χ0v) is 18.6. The molecule has 1 unspecified atom stereocenters. The Morgan fingerprint density at radius 2 is 1.62 bits per heavy atom. The number of likely N-dealkylation sites (N-methyl/N-ethyl adjacent to an activating group) is 1. The fourth-order valence-electron chi connectivity index (χ4n) is 3.23. The van der Waals surface area contributed by atoms with Crippen molar-refractivity contribution in [1.82, 2.24) is 4.31 Å². The zero-order valence-electron chi connectivity index (χ0n) is 17.7. The van der Waals surface area contributed by atoms with Crippen LogP contribution in [0.4, 0.5) is 5.69 Å². The lowest BCUT2D eigenvalue weighted by atomic mass is 10.1. The minimum Gasteiger partial charge on any atom is -0.326 e. The Morgan fingerprint density at radius 3 is 2.21 bits per heavy atom. The van der Waals surface area contributed by atoms with Gasteiger partial charge in [0.05, 0.1) is 11.9 Å². The Morgan fingerprint density at radius 1 is 1.00 bits per heavy atom. The van der Waals surface area contributed by atoms with Crippen molar-refractivity contribution in [3.8, 4) is 0 Å². The van der Waals surface area contributed by atoms with Crippen molar-refractivity contribution in [3.05, 3.63) is 59.7 Å². The molecule has 0 aliphatic heterocycles. The molecule has 1 atom stereocenters. The van der Waals surface area contributed by atoms with Crippen LogP contribution in [-0.4, -0.2) is 45.3 Å². The maximum absolute atomic E-state index is 12.7. The Labute approximate surface area is 174 Å². The summed E-state index contributed by atoms with van der Waals surface area (Å²) in [5, 5.41) is 2.82. The lowest BCUT2D eigenvalue weighted by Crippen LogP contribution is -3.08. The van der Waals surface area contributed by atoms with E-state index in [0.29, 0.717) is 25.3 Å². The van der Waals surface area contributed by atoms with Crippen LogP contribution in [0.1, 0.15) is 31.9 Å². The highest BCUT2D eigenvalue weighted by Gasteiger charge is 2.22. The molecule has 0 aromatic heterocycles. The number of hydrogen-bond acceptors (Lipinski definition) is 3. The number of sulfonamides is 1. The van der Waals surface area contributed by atoms with E-state index >= 15 is 0 Å². The van der Waals surface area contributed by atoms with Crippen LogP contribution in [0.15, 0.2) is 53.4 Å². The first-order valence-electron chi connectivity index (χ1n) is 10.1. The fraction of sp³-hybridized carbons (Fsp3) is 0.409. The standard InChI is InChI=1S/C22H31N3O3S/c1-5-18-11-13-19(14-12-18)16-24(4)17-22(26)23-20-9-8-10-21(15-20)29(27,28)25(6-2)7-3/h8-15H,5-7,16-17H2,1-4H3,(H,23,26)/p+1. The number of carbonyl (C=O) groups excluding carboxylic acids is 1. The molecule has 0 bridgehead atoms. The molecule has 1 amide bonds. The largest absolute Gasteiger partial charge is 0.326 e. The summed E-state index contributed by atoms with van der Waals surface area (Å²) in [6.07, 6.45) is 1.01. The zero-order chi connectivity index (χ0) is 21.4. The SMILES string of the molecule is CCc1ccc(C[NH+](C)CC(=O)Nc2cccc(S(=O)(=O)N(CC)CC)c2)cc1. The third-order valence-corrected chi connectivity index (χ3v) is 6.91. The fourth-order valence-corrected chi connectivity index (χ4v) is 4.73. The molecular formula is C22H32N3O3S+. The van der Waals surface area contributed by atoms with E-state index in [1.54, 1.807) is 32.0 Å². The van der Waals surface area contributed by atoms with Gasteiger partial charge in [0.2, 0.25) is 10.0 Å². The van der Waals surface area contributed by atoms with E-state index in [1.165, 1.54) is 21.5 Å². The minimum atomic E-state index is -3.55. The van der Waals surface area contributed by atoms with Gasteiger partial charge in [-0.25, -0.2) is 8.42 Å². The average Bonchev–Trinajstić information content (AvgIpc) is 2.69. The lowest BCUT2D eigenvalue weighted by Gasteiger charge is -2.19. The van der Waals surface area contributed by atoms with Crippen molar-refractivity contribution < 1.29 is 18.1 Å². The number of benzene rings is 2. The second-order valence-electron chi connectivity index (χ2n) is 7.15. The number of nitrogens with one attached hydrogen (secondary N) is 2. The number of hydrogen-bond donors (Lipinski definition) is 2. The molecule has 2 aromatic rings. The van der Waals surface area contributed by atoms with Gasteiger partial charge in [-0.15, -0.1) is 0 Å². The lowest BCUT2D eigenvalue weighted by molar-refractivity contribution is -0.885. The summed E-state index contributed by atoms with van der Waals surface area (Å²) >= 11 is 0. The number of aryl methyl sites for hydroxylation is 1. The summed E-state index contributed by atoms with van der Waals surface area (Å²) in [4.78, 5) is 13.7. The number of amides is 1. The van der Waals surface area contributed by atoms with Crippen LogP contribution in [0.3, 0.4) is 0 Å². The normalized spacial score (nSPS) is 12.7. The molecule has 0 aliphatic carbocycles. The topological polar surface area (TPSA) is 70.9 Å². The van der Waals surface area contributed by atoms with Crippen LogP contribution < -0.4 is 10.2 Å². The van der Waals surface area contributed by atoms with Gasteiger partial charge in [-0.1, -0.05) is 51.1 Å². The molecule has 0 saturated carbocycles. The second kappa shape index (κ2) is 10.5. The second-order valence-corrected chi connectivity index (χ2v) is 9.08. The highest BCUT2D eigenvalue weighted by atomic mass is 32.2. The highest BCUT2D eigenvalue weighted by molar-refractivity contribution is 7.89. The van der Waals surface area contributed by atoms with E-state index in [-0.39, 0.29) is 10.8 Å². The summed E-state index contributed by atoms with van der Waals surface area (Å²) < 4.78 is 26.7. The first-order chi connectivity index (χ1) is 13.8. The Bertz CT molecular complexity index is 907. The van der Waals surface area contributed by atoms with E-state index in [1.807, 2.05) is 7.05 Å². The Kier molecular flexibility index (Phi) is 8.37. The van der Waals surface area contributed by atoms with Crippen molar-refractivity contribution >= 4 is 21.6 Å². The Hall–Kier alpha value is -2.22. The maximum Gasteiger partial charge on any atom is 0.279 e. The quantitative estimate of drug-likeness (QED) is 0.619. The predicted molar refractivity (Wildman–Crippen MR) is 116 cm³/mol. The number of nitrogens with zero attached hydrogens (tertiary/aromatic N) is 1. The van der Waals surface area contributed by atoms with Crippen molar-refractivity contribution in [1.29, 1.82) is 0 Å². The molecule has 0 radical (unpaired) electrons. The van der Waals surface area contributed by atoms with Crippen LogP contribution in [0.25, 0.3) is 0 Å². The van der Waals surface area contributed by atoms with Gasteiger partial charge in [0.15, 0.2) is 6.54 Å². The van der Waals surface area contributed by atoms with Crippen molar-refractivity contribution in [2.24, 2.45) is 0 Å². The number of anilines is 1. The molecule has 7 heteroatoms. The summed E-state index contributed by atoms with van der Waals surface area (Å²) in [5.41, 5.74) is 2.96. The maximum atomic E-state index is 12.7. The number of carbonyl (C=O) groups is 1. The molecule has 29 heavy (non-hydrogen) atoms. The van der Waals surface area contributed by atoms with E-state index in [9.17, 15) is 13.2 Å². The number of quaternary nitrogens is 1. The van der Waals surface area contributed by atoms with Crippen LogP contribution in [0.2, 0.25) is 0 Å². The van der Waals surface area contributed by atoms with Crippen LogP contribution in [-0.2, 0) is 27.8 Å². The molecule has 158 valence electrons. The van der Waals surface area contributed by atoms with E-state index in [2.05, 4.69) is 36.5 Å². The number of rotatable bonds is 10. The van der Waals surface area contributed by atoms with Gasteiger partial charge >= 0.3 is 0 Å². The van der Waals surface area contributed by atoms with Crippen LogP contribution in [0.5, 0.6) is 0 Å². The van der Waals surface area contributed by atoms with Crippen LogP contribution >= 0.6 is 0 Å². The van der Waals surface area contributed by atoms with Gasteiger partial charge in [-0.2, -0.15) is 4.31 Å². The molecular weight excluding hydrogens is 386 g/mol. The van der Waals surface area contributed by atoms with Gasteiger partial charge in [0.25, 0.3) is 5.91 Å². The predicted octanol–water partition coefficient (Wildman–Crippen LogP) is 1.93. The van der Waals surface area contributed by atoms with Crippen LogP contribution in [0, 0.1) is 0 Å². The average molecular weight is 419 g/mol. The summed E-state index contributed by atoms with van der Waals surface area (Å²) in [6, 6.07) is 14.9. The van der Waals surface area contributed by atoms with E-state index in [4.69, 9.17) is 0 Å². The third kappa shape index (κ3) is 6.39. The van der Waals surface area contributed by atoms with Crippen molar-refractivity contribution in [2.45, 2.75) is 38.6 Å². The monoisotopic (exact) mass is 418 g/mol. The van der Waals surface area contributed by atoms with Gasteiger partial charge in [0.1, 0.15) is 6.54 Å². The molecule has 2 rings (SSSR count). The smallest absolute Gasteiger partial charge is 0.279 e. The molecule has 0 fully saturated rings. The first kappa shape index (κ1) is 23.1. The first-order valence-corrected chi connectivity index (χ1v) is 11.5. The minimum absolute atomic E-state index is 0.148. The summed E-state index contributed by atoms with van der Waals surface area (Å²) in [7, 11) is -1.59. The van der Waals surface area contributed by atoms with Gasteiger partial charge in [-0.05, 0) is 30.2 Å². The third-order valence-electron chi connectivity index (χ3n) is 4.86. The van der Waals surface area contributed by atoms with Gasteiger partial charge in [0, 0.05) is 24.3 Å². The van der Waals surface area contributed by atoms with E-state index < -0.39 is 10.0 Å². The molecule has 0 spiro atoms. The van der Waals surface area contributed by atoms with Gasteiger partial charge in [-0.3, -0.25) is 4.79 Å². The molecule has 0 aliphatic rings. The molecule has 0 saturated heterocycles. The van der Waals surface area contributed by atoms with Gasteiger partial charge < -0.3 is 10.2 Å².